The van der Waals surface area contributed by atoms with Gasteiger partial charge >= 0.3 is 0 Å². The molecule has 1 aliphatic carbocycles. The van der Waals surface area contributed by atoms with Crippen LogP contribution < -0.4 is 10.6 Å². The number of benzene rings is 4. The fourth-order valence-corrected chi connectivity index (χ4v) is 8.25. The molecule has 0 unspecified atom stereocenters. The molecule has 252 valence electrons. The van der Waals surface area contributed by atoms with Crippen molar-refractivity contribution >= 4 is 33.6 Å². The molecule has 0 spiro atoms. The summed E-state index contributed by atoms with van der Waals surface area (Å²) < 4.78 is 0. The monoisotopic (exact) mass is 660 g/mol. The maximum absolute atomic E-state index is 14.2. The van der Waals surface area contributed by atoms with Gasteiger partial charge in [-0.3, -0.25) is 9.59 Å². The average Bonchev–Trinajstić information content (AvgIpc) is 3.09. The van der Waals surface area contributed by atoms with E-state index in [9.17, 15) is 9.59 Å². The van der Waals surface area contributed by atoms with Crippen molar-refractivity contribution in [3.8, 4) is 22.5 Å². The van der Waals surface area contributed by atoms with Gasteiger partial charge in [0.1, 0.15) is 0 Å². The van der Waals surface area contributed by atoms with E-state index in [1.165, 1.54) is 0 Å². The largest absolute Gasteiger partial charge is 0.351 e. The number of pyridine rings is 2. The Morgan fingerprint density at radius 3 is 1.68 bits per heavy atom. The molecule has 6 nitrogen and oxygen atoms in total. The number of aromatic nitrogens is 2. The van der Waals surface area contributed by atoms with E-state index < -0.39 is 0 Å². The molecule has 7 rings (SSSR count). The predicted molar refractivity (Wildman–Crippen MR) is 203 cm³/mol. The van der Waals surface area contributed by atoms with Crippen LogP contribution in [0.1, 0.15) is 71.9 Å². The molecule has 2 aromatic heterocycles. The van der Waals surface area contributed by atoms with E-state index in [2.05, 4.69) is 63.5 Å². The fourth-order valence-electron chi connectivity index (χ4n) is 8.25. The Hall–Kier alpha value is -5.36. The Bertz CT molecular complexity index is 2260. The van der Waals surface area contributed by atoms with Crippen molar-refractivity contribution in [2.45, 2.75) is 59.9 Å². The molecule has 6 aromatic rings. The molecule has 0 bridgehead atoms. The highest BCUT2D eigenvalue weighted by molar-refractivity contribution is 6.08. The molecule has 4 aromatic carbocycles. The third-order valence-electron chi connectivity index (χ3n) is 10.2. The lowest BCUT2D eigenvalue weighted by Gasteiger charge is -2.47. The summed E-state index contributed by atoms with van der Waals surface area (Å²) >= 11 is 0. The Kier molecular flexibility index (Phi) is 8.73. The van der Waals surface area contributed by atoms with Crippen LogP contribution in [0.15, 0.2) is 109 Å². The summed E-state index contributed by atoms with van der Waals surface area (Å²) in [6, 6.07) is 35.7. The zero-order chi connectivity index (χ0) is 35.0. The zero-order valence-electron chi connectivity index (χ0n) is 29.5. The summed E-state index contributed by atoms with van der Waals surface area (Å²) in [4.78, 5) is 38.0. The van der Waals surface area contributed by atoms with Crippen molar-refractivity contribution in [1.82, 2.24) is 20.6 Å². The maximum Gasteiger partial charge on any atom is 0.252 e. The summed E-state index contributed by atoms with van der Waals surface area (Å²) in [6.45, 7) is 11.4. The molecule has 2 heterocycles. The first-order valence-electron chi connectivity index (χ1n) is 17.5. The number of carbonyl (C=O) groups excluding carboxylic acids is 2. The van der Waals surface area contributed by atoms with E-state index in [0.717, 1.165) is 74.7 Å². The molecule has 2 atom stereocenters. The molecular weight excluding hydrogens is 617 g/mol. The summed E-state index contributed by atoms with van der Waals surface area (Å²) in [5.74, 6) is -0.213. The van der Waals surface area contributed by atoms with E-state index in [0.29, 0.717) is 17.7 Å². The van der Waals surface area contributed by atoms with Crippen LogP contribution >= 0.6 is 0 Å². The third kappa shape index (κ3) is 6.75. The van der Waals surface area contributed by atoms with Gasteiger partial charge in [0.05, 0.1) is 33.5 Å². The number of hydrogen-bond acceptors (Lipinski definition) is 4. The van der Waals surface area contributed by atoms with Crippen LogP contribution in [0, 0.1) is 24.7 Å². The van der Waals surface area contributed by atoms with Crippen molar-refractivity contribution in [2.24, 2.45) is 10.8 Å². The summed E-state index contributed by atoms with van der Waals surface area (Å²) in [7, 11) is 0. The van der Waals surface area contributed by atoms with Crippen LogP contribution in [0.25, 0.3) is 44.3 Å². The molecule has 50 heavy (non-hydrogen) atoms. The molecule has 1 fully saturated rings. The van der Waals surface area contributed by atoms with Gasteiger partial charge in [-0.1, -0.05) is 106 Å². The Balaban J connectivity index is 1.13. The van der Waals surface area contributed by atoms with Crippen LogP contribution in [-0.4, -0.2) is 34.4 Å². The first-order chi connectivity index (χ1) is 24.0. The Morgan fingerprint density at radius 2 is 1.14 bits per heavy atom. The number of amides is 2. The van der Waals surface area contributed by atoms with Gasteiger partial charge < -0.3 is 10.6 Å². The van der Waals surface area contributed by atoms with E-state index in [1.807, 2.05) is 91.0 Å². The molecular formula is C44H44N4O2. The quantitative estimate of drug-likeness (QED) is 0.179. The van der Waals surface area contributed by atoms with Crippen molar-refractivity contribution < 1.29 is 9.59 Å². The average molecular weight is 661 g/mol. The van der Waals surface area contributed by atoms with Gasteiger partial charge in [0.25, 0.3) is 11.8 Å². The topological polar surface area (TPSA) is 84.0 Å². The molecule has 2 N–H and O–H groups in total. The molecule has 2 amide bonds. The fraction of sp³-hybridized carbons (Fsp3) is 0.273. The van der Waals surface area contributed by atoms with Crippen molar-refractivity contribution in [1.29, 1.82) is 0 Å². The summed E-state index contributed by atoms with van der Waals surface area (Å²) in [6.07, 6.45) is 2.53. The van der Waals surface area contributed by atoms with E-state index in [-0.39, 0.29) is 28.7 Å². The minimum Gasteiger partial charge on any atom is -0.351 e. The lowest BCUT2D eigenvalue weighted by atomic mass is 9.62. The van der Waals surface area contributed by atoms with Crippen molar-refractivity contribution in [2.75, 3.05) is 6.54 Å². The lowest BCUT2D eigenvalue weighted by Crippen LogP contribution is -2.50. The number of aryl methyl sites for hydroxylation is 2. The molecule has 0 aliphatic heterocycles. The highest BCUT2D eigenvalue weighted by atomic mass is 16.2. The van der Waals surface area contributed by atoms with Crippen LogP contribution in [0.4, 0.5) is 0 Å². The van der Waals surface area contributed by atoms with Crippen molar-refractivity contribution in [3.05, 3.63) is 131 Å². The first-order valence-corrected chi connectivity index (χ1v) is 17.5. The SMILES string of the molecule is Cc1ccccc1-c1cc(C(=O)NC[C@]2(C)C[C@@H](NC(=O)c3cc(-c4ccccc4C)nc4ccccc34)CC(C)(C)C2)c2ccccc2n1. The van der Waals surface area contributed by atoms with Crippen LogP contribution in [0.5, 0.6) is 0 Å². The first kappa shape index (κ1) is 33.2. The summed E-state index contributed by atoms with van der Waals surface area (Å²) in [5, 5.41) is 8.39. The second-order valence-electron chi connectivity index (χ2n) is 15.2. The molecule has 0 radical (unpaired) electrons. The minimum absolute atomic E-state index is 0.0380. The Labute approximate surface area is 294 Å². The third-order valence-corrected chi connectivity index (χ3v) is 10.2. The molecule has 1 saturated carbocycles. The highest BCUT2D eigenvalue weighted by Gasteiger charge is 2.42. The molecule has 0 saturated heterocycles. The van der Waals surface area contributed by atoms with Crippen LogP contribution in [0.2, 0.25) is 0 Å². The number of para-hydroxylation sites is 2. The number of carbonyl (C=O) groups is 2. The summed E-state index contributed by atoms with van der Waals surface area (Å²) in [5.41, 5.74) is 8.39. The van der Waals surface area contributed by atoms with Crippen LogP contribution in [0.3, 0.4) is 0 Å². The predicted octanol–water partition coefficient (Wildman–Crippen LogP) is 9.48. The number of fused-ring (bicyclic) bond motifs is 2. The normalized spacial score (nSPS) is 18.5. The number of hydrogen-bond donors (Lipinski definition) is 2. The van der Waals surface area contributed by atoms with Gasteiger partial charge in [0.15, 0.2) is 0 Å². The van der Waals surface area contributed by atoms with Gasteiger partial charge in [0, 0.05) is 34.5 Å². The number of nitrogens with one attached hydrogen (secondary N) is 2. The molecule has 6 heteroatoms. The maximum atomic E-state index is 14.2. The minimum atomic E-state index is -0.232. The van der Waals surface area contributed by atoms with Gasteiger partial charge in [-0.25, -0.2) is 9.97 Å². The van der Waals surface area contributed by atoms with E-state index in [4.69, 9.17) is 9.97 Å². The number of nitrogens with zero attached hydrogens (tertiary/aromatic N) is 2. The van der Waals surface area contributed by atoms with Gasteiger partial charge in [-0.05, 0) is 79.3 Å². The highest BCUT2D eigenvalue weighted by Crippen LogP contribution is 2.46. The van der Waals surface area contributed by atoms with Gasteiger partial charge in [-0.15, -0.1) is 0 Å². The van der Waals surface area contributed by atoms with Gasteiger partial charge in [0.2, 0.25) is 0 Å². The van der Waals surface area contributed by atoms with E-state index in [1.54, 1.807) is 0 Å². The Morgan fingerprint density at radius 1 is 0.660 bits per heavy atom. The lowest BCUT2D eigenvalue weighted by molar-refractivity contribution is 0.0593. The second kappa shape index (κ2) is 13.2. The zero-order valence-corrected chi connectivity index (χ0v) is 29.5. The van der Waals surface area contributed by atoms with Crippen LogP contribution in [-0.2, 0) is 0 Å². The van der Waals surface area contributed by atoms with Gasteiger partial charge in [-0.2, -0.15) is 0 Å². The number of rotatable bonds is 7. The molecule has 1 aliphatic rings. The standard InChI is InChI=1S/C44H44N4O2/c1-28-14-6-8-16-31(28)39-22-35(33-18-10-12-20-37(33)47-39)41(49)45-27-44(5)25-30(24-43(3,4)26-44)46-42(50)36-23-40(32-17-9-7-15-29(32)2)48-38-21-13-11-19-34(36)38/h6-23,30H,24-27H2,1-5H3,(H,45,49)(H,46,50)/t30-,44+/m0/s1. The van der Waals surface area contributed by atoms with E-state index >= 15 is 0 Å². The second-order valence-corrected chi connectivity index (χ2v) is 15.2. The smallest absolute Gasteiger partial charge is 0.252 e. The van der Waals surface area contributed by atoms with Crippen molar-refractivity contribution in [3.63, 3.8) is 0 Å².